The van der Waals surface area contributed by atoms with Gasteiger partial charge in [-0.1, -0.05) is 11.6 Å². The Bertz CT molecular complexity index is 374. The molecule has 1 atom stereocenters. The first-order valence-electron chi connectivity index (χ1n) is 6.62. The summed E-state index contributed by atoms with van der Waals surface area (Å²) in [5, 5.41) is 17.0. The monoisotopic (exact) mass is 236 g/mol. The van der Waals surface area contributed by atoms with E-state index in [0.29, 0.717) is 11.7 Å². The number of aliphatic hydroxyl groups excluding tert-OH is 1. The number of rotatable bonds is 4. The Morgan fingerprint density at radius 1 is 1.29 bits per heavy atom. The van der Waals surface area contributed by atoms with Gasteiger partial charge in [-0.25, -0.2) is 0 Å². The second-order valence-corrected chi connectivity index (χ2v) is 5.21. The molecule has 0 radical (unpaired) electrons. The highest BCUT2D eigenvalue weighted by Gasteiger charge is 2.33. The van der Waals surface area contributed by atoms with E-state index in [1.165, 1.54) is 38.6 Å². The molecule has 94 valence electrons. The molecule has 2 heterocycles. The number of hydrogen-bond acceptors (Lipinski definition) is 4. The molecule has 1 aliphatic heterocycles. The first-order valence-corrected chi connectivity index (χ1v) is 6.62. The first kappa shape index (κ1) is 11.2. The summed E-state index contributed by atoms with van der Waals surface area (Å²) in [7, 11) is 0. The van der Waals surface area contributed by atoms with E-state index in [9.17, 15) is 0 Å². The molecule has 3 rings (SSSR count). The Morgan fingerprint density at radius 3 is 2.82 bits per heavy atom. The van der Waals surface area contributed by atoms with Crippen LogP contribution in [-0.2, 0) is 13.2 Å². The van der Waals surface area contributed by atoms with Gasteiger partial charge in [0.05, 0.1) is 19.3 Å². The summed E-state index contributed by atoms with van der Waals surface area (Å²) in [5.41, 5.74) is 0.665. The fraction of sp³-hybridized carbons (Fsp3) is 0.833. The third-order valence-electron chi connectivity index (χ3n) is 4.11. The summed E-state index contributed by atoms with van der Waals surface area (Å²) in [4.78, 5) is 2.66. The van der Waals surface area contributed by atoms with E-state index in [0.717, 1.165) is 12.6 Å². The van der Waals surface area contributed by atoms with Crippen LogP contribution in [0.1, 0.15) is 37.8 Å². The van der Waals surface area contributed by atoms with Crippen LogP contribution in [0.15, 0.2) is 6.20 Å². The van der Waals surface area contributed by atoms with Crippen molar-refractivity contribution in [3.05, 3.63) is 11.9 Å². The van der Waals surface area contributed by atoms with Crippen molar-refractivity contribution in [1.82, 2.24) is 19.9 Å². The van der Waals surface area contributed by atoms with E-state index in [2.05, 4.69) is 15.2 Å². The van der Waals surface area contributed by atoms with Crippen molar-refractivity contribution in [3.63, 3.8) is 0 Å². The molecule has 5 heteroatoms. The van der Waals surface area contributed by atoms with E-state index in [-0.39, 0.29) is 6.61 Å². The van der Waals surface area contributed by atoms with E-state index in [1.807, 2.05) is 10.9 Å². The van der Waals surface area contributed by atoms with Gasteiger partial charge in [0, 0.05) is 12.1 Å². The summed E-state index contributed by atoms with van der Waals surface area (Å²) in [5.74, 6) is 0. The fourth-order valence-corrected chi connectivity index (χ4v) is 2.97. The molecule has 1 aromatic heterocycles. The van der Waals surface area contributed by atoms with Crippen molar-refractivity contribution in [1.29, 1.82) is 0 Å². The normalized spacial score (nSPS) is 26.3. The summed E-state index contributed by atoms with van der Waals surface area (Å²) in [6.45, 7) is 2.15. The number of aliphatic hydroxyl groups is 1. The minimum absolute atomic E-state index is 0.0169. The largest absolute Gasteiger partial charge is 0.390 e. The van der Waals surface area contributed by atoms with Crippen molar-refractivity contribution in [2.24, 2.45) is 0 Å². The Labute approximate surface area is 101 Å². The van der Waals surface area contributed by atoms with Gasteiger partial charge < -0.3 is 5.11 Å². The van der Waals surface area contributed by atoms with Gasteiger partial charge in [0.15, 0.2) is 0 Å². The van der Waals surface area contributed by atoms with Gasteiger partial charge in [-0.15, -0.1) is 5.10 Å². The van der Waals surface area contributed by atoms with Crippen LogP contribution in [-0.4, -0.2) is 43.6 Å². The SMILES string of the molecule is OCc1cn(CC2CCCN2C2CCC2)nn1. The predicted octanol–water partition coefficient (Wildman–Crippen LogP) is 0.787. The van der Waals surface area contributed by atoms with E-state index in [1.54, 1.807) is 0 Å². The third kappa shape index (κ3) is 2.21. The molecule has 1 unspecified atom stereocenters. The molecule has 5 nitrogen and oxygen atoms in total. The minimum Gasteiger partial charge on any atom is -0.390 e. The lowest BCUT2D eigenvalue weighted by atomic mass is 9.91. The topological polar surface area (TPSA) is 54.2 Å². The molecule has 2 fully saturated rings. The lowest BCUT2D eigenvalue weighted by Crippen LogP contribution is -2.44. The van der Waals surface area contributed by atoms with Gasteiger partial charge in [0.25, 0.3) is 0 Å². The Balaban J connectivity index is 1.63. The Kier molecular flexibility index (Phi) is 3.11. The Hall–Kier alpha value is -0.940. The van der Waals surface area contributed by atoms with E-state index < -0.39 is 0 Å². The van der Waals surface area contributed by atoms with Crippen molar-refractivity contribution in [2.75, 3.05) is 6.54 Å². The van der Waals surface area contributed by atoms with Crippen LogP contribution in [0.5, 0.6) is 0 Å². The average molecular weight is 236 g/mol. The van der Waals surface area contributed by atoms with Gasteiger partial charge in [-0.3, -0.25) is 9.58 Å². The van der Waals surface area contributed by atoms with Crippen molar-refractivity contribution in [3.8, 4) is 0 Å². The zero-order chi connectivity index (χ0) is 11.7. The van der Waals surface area contributed by atoms with Crippen LogP contribution in [0.3, 0.4) is 0 Å². The first-order chi connectivity index (χ1) is 8.36. The molecule has 0 aromatic carbocycles. The maximum atomic E-state index is 8.97. The van der Waals surface area contributed by atoms with E-state index in [4.69, 9.17) is 5.11 Å². The van der Waals surface area contributed by atoms with Crippen LogP contribution in [0, 0.1) is 0 Å². The lowest BCUT2D eigenvalue weighted by molar-refractivity contribution is 0.103. The average Bonchev–Trinajstić information content (AvgIpc) is 2.87. The standard InChI is InChI=1S/C12H20N4O/c17-9-10-7-15(14-13-10)8-12-5-2-6-16(12)11-3-1-4-11/h7,11-12,17H,1-6,8-9H2. The predicted molar refractivity (Wildman–Crippen MR) is 63.3 cm³/mol. The molecule has 17 heavy (non-hydrogen) atoms. The Morgan fingerprint density at radius 2 is 2.18 bits per heavy atom. The van der Waals surface area contributed by atoms with Gasteiger partial charge >= 0.3 is 0 Å². The van der Waals surface area contributed by atoms with Gasteiger partial charge in [0.1, 0.15) is 5.69 Å². The molecule has 1 saturated carbocycles. The maximum Gasteiger partial charge on any atom is 0.108 e. The summed E-state index contributed by atoms with van der Waals surface area (Å²) in [6, 6.07) is 1.44. The van der Waals surface area contributed by atoms with Gasteiger partial charge in [0.2, 0.25) is 0 Å². The third-order valence-corrected chi connectivity index (χ3v) is 4.11. The zero-order valence-corrected chi connectivity index (χ0v) is 10.1. The van der Waals surface area contributed by atoms with Crippen LogP contribution in [0.2, 0.25) is 0 Å². The van der Waals surface area contributed by atoms with Crippen molar-refractivity contribution >= 4 is 0 Å². The minimum atomic E-state index is -0.0169. The highest BCUT2D eigenvalue weighted by molar-refractivity contribution is 4.92. The molecule has 1 aromatic rings. The molecular formula is C12H20N4O. The number of hydrogen-bond donors (Lipinski definition) is 1. The smallest absolute Gasteiger partial charge is 0.108 e. The van der Waals surface area contributed by atoms with Crippen LogP contribution < -0.4 is 0 Å². The van der Waals surface area contributed by atoms with Crippen LogP contribution >= 0.6 is 0 Å². The van der Waals surface area contributed by atoms with Crippen LogP contribution in [0.4, 0.5) is 0 Å². The molecule has 1 saturated heterocycles. The molecular weight excluding hydrogens is 216 g/mol. The lowest BCUT2D eigenvalue weighted by Gasteiger charge is -2.38. The summed E-state index contributed by atoms with van der Waals surface area (Å²) >= 11 is 0. The van der Waals surface area contributed by atoms with Crippen LogP contribution in [0.25, 0.3) is 0 Å². The fourth-order valence-electron chi connectivity index (χ4n) is 2.97. The molecule has 0 bridgehead atoms. The second kappa shape index (κ2) is 4.74. The highest BCUT2D eigenvalue weighted by atomic mass is 16.3. The van der Waals surface area contributed by atoms with Gasteiger partial charge in [-0.2, -0.15) is 0 Å². The molecule has 2 aliphatic rings. The molecule has 0 spiro atoms. The number of likely N-dealkylation sites (tertiary alicyclic amines) is 1. The summed E-state index contributed by atoms with van der Waals surface area (Å²) in [6.07, 6.45) is 8.57. The quantitative estimate of drug-likeness (QED) is 0.839. The second-order valence-electron chi connectivity index (χ2n) is 5.21. The highest BCUT2D eigenvalue weighted by Crippen LogP contribution is 2.31. The summed E-state index contributed by atoms with van der Waals surface area (Å²) < 4.78 is 1.88. The number of nitrogens with zero attached hydrogens (tertiary/aromatic N) is 4. The number of aromatic nitrogens is 3. The van der Waals surface area contributed by atoms with Crippen molar-refractivity contribution < 1.29 is 5.11 Å². The zero-order valence-electron chi connectivity index (χ0n) is 10.1. The van der Waals surface area contributed by atoms with E-state index >= 15 is 0 Å². The van der Waals surface area contributed by atoms with Gasteiger partial charge in [-0.05, 0) is 32.2 Å². The van der Waals surface area contributed by atoms with Crippen molar-refractivity contribution in [2.45, 2.75) is 57.3 Å². The molecule has 1 aliphatic carbocycles. The maximum absolute atomic E-state index is 8.97. The molecule has 0 amide bonds. The molecule has 1 N–H and O–H groups in total.